The molecule has 0 aliphatic rings. The van der Waals surface area contributed by atoms with Crippen LogP contribution < -0.4 is 5.73 Å². The first-order valence-corrected chi connectivity index (χ1v) is 5.88. The van der Waals surface area contributed by atoms with Gasteiger partial charge in [-0.2, -0.15) is 0 Å². The highest BCUT2D eigenvalue weighted by atomic mass is 19.1. The van der Waals surface area contributed by atoms with Crippen LogP contribution in [0.5, 0.6) is 0 Å². The van der Waals surface area contributed by atoms with Crippen molar-refractivity contribution in [1.29, 1.82) is 0 Å². The monoisotopic (exact) mass is 251 g/mol. The molecule has 1 aromatic carbocycles. The Morgan fingerprint density at radius 1 is 1.22 bits per heavy atom. The van der Waals surface area contributed by atoms with Crippen LogP contribution >= 0.6 is 0 Å². The van der Waals surface area contributed by atoms with Gasteiger partial charge in [0, 0.05) is 6.42 Å². The van der Waals surface area contributed by atoms with E-state index in [1.54, 1.807) is 6.07 Å². The van der Waals surface area contributed by atoms with E-state index in [4.69, 9.17) is 10.2 Å². The maximum Gasteiger partial charge on any atom is 0.126 e. The molecule has 2 rings (SSSR count). The third-order valence-electron chi connectivity index (χ3n) is 2.84. The van der Waals surface area contributed by atoms with E-state index in [2.05, 4.69) is 0 Å². The summed E-state index contributed by atoms with van der Waals surface area (Å²) in [6, 6.07) is 6.52. The summed E-state index contributed by atoms with van der Waals surface area (Å²) in [4.78, 5) is 0. The van der Waals surface area contributed by atoms with Crippen LogP contribution in [0, 0.1) is 11.6 Å². The number of nitrogens with two attached hydrogens (primary N) is 1. The molecule has 1 unspecified atom stereocenters. The van der Waals surface area contributed by atoms with Crippen molar-refractivity contribution < 1.29 is 13.2 Å². The smallest absolute Gasteiger partial charge is 0.126 e. The number of benzene rings is 1. The van der Waals surface area contributed by atoms with Crippen LogP contribution in [0.1, 0.15) is 30.0 Å². The Kier molecular flexibility index (Phi) is 3.77. The van der Waals surface area contributed by atoms with Gasteiger partial charge in [-0.1, -0.05) is 6.92 Å². The van der Waals surface area contributed by atoms with Gasteiger partial charge in [0.25, 0.3) is 0 Å². The molecule has 2 nitrogen and oxygen atoms in total. The van der Waals surface area contributed by atoms with Crippen LogP contribution in [0.15, 0.2) is 34.7 Å². The highest BCUT2D eigenvalue weighted by Gasteiger charge is 2.14. The summed E-state index contributed by atoms with van der Waals surface area (Å²) in [6.07, 6.45) is 0.987. The summed E-state index contributed by atoms with van der Waals surface area (Å²) >= 11 is 0. The predicted molar refractivity (Wildman–Crippen MR) is 65.1 cm³/mol. The van der Waals surface area contributed by atoms with Gasteiger partial charge in [-0.05, 0) is 42.3 Å². The van der Waals surface area contributed by atoms with Gasteiger partial charge < -0.3 is 10.2 Å². The molecule has 0 fully saturated rings. The van der Waals surface area contributed by atoms with Crippen LogP contribution in [-0.2, 0) is 12.8 Å². The van der Waals surface area contributed by atoms with E-state index in [9.17, 15) is 8.78 Å². The summed E-state index contributed by atoms with van der Waals surface area (Å²) in [5.41, 5.74) is 6.19. The summed E-state index contributed by atoms with van der Waals surface area (Å²) in [7, 11) is 0. The molecule has 0 radical (unpaired) electrons. The van der Waals surface area contributed by atoms with Crippen LogP contribution in [0.3, 0.4) is 0 Å². The van der Waals surface area contributed by atoms with Crippen molar-refractivity contribution in [3.05, 3.63) is 59.1 Å². The molecule has 1 atom stereocenters. The first-order valence-electron chi connectivity index (χ1n) is 5.88. The Bertz CT molecular complexity index is 536. The molecule has 0 bridgehead atoms. The third kappa shape index (κ3) is 2.76. The van der Waals surface area contributed by atoms with Gasteiger partial charge in [0.1, 0.15) is 23.2 Å². The van der Waals surface area contributed by atoms with Crippen LogP contribution in [0.4, 0.5) is 8.78 Å². The Morgan fingerprint density at radius 2 is 2.00 bits per heavy atom. The lowest BCUT2D eigenvalue weighted by Crippen LogP contribution is -2.13. The molecule has 0 spiro atoms. The van der Waals surface area contributed by atoms with Gasteiger partial charge in [0.2, 0.25) is 0 Å². The molecule has 2 aromatic rings. The molecule has 2 N–H and O–H groups in total. The van der Waals surface area contributed by atoms with E-state index in [1.807, 2.05) is 13.0 Å². The summed E-state index contributed by atoms with van der Waals surface area (Å²) < 4.78 is 32.0. The van der Waals surface area contributed by atoms with Gasteiger partial charge in [0.05, 0.1) is 6.04 Å². The van der Waals surface area contributed by atoms with Gasteiger partial charge in [-0.15, -0.1) is 0 Å². The minimum absolute atomic E-state index is 0.209. The van der Waals surface area contributed by atoms with E-state index < -0.39 is 17.7 Å². The molecular formula is C14H15F2NO. The maximum atomic E-state index is 13.5. The first-order chi connectivity index (χ1) is 8.60. The molecular weight excluding hydrogens is 236 g/mol. The molecule has 0 aliphatic heterocycles. The van der Waals surface area contributed by atoms with Crippen LogP contribution in [0.25, 0.3) is 0 Å². The van der Waals surface area contributed by atoms with E-state index in [0.29, 0.717) is 5.76 Å². The molecule has 1 aromatic heterocycles. The molecule has 0 saturated carbocycles. The zero-order valence-corrected chi connectivity index (χ0v) is 10.1. The first kappa shape index (κ1) is 12.8. The third-order valence-corrected chi connectivity index (χ3v) is 2.84. The van der Waals surface area contributed by atoms with E-state index in [-0.39, 0.29) is 12.0 Å². The largest absolute Gasteiger partial charge is 0.464 e. The maximum absolute atomic E-state index is 13.5. The van der Waals surface area contributed by atoms with Crippen LogP contribution in [0.2, 0.25) is 0 Å². The van der Waals surface area contributed by atoms with Crippen molar-refractivity contribution >= 4 is 0 Å². The summed E-state index contributed by atoms with van der Waals surface area (Å²) in [5.74, 6) is 0.511. The number of hydrogen-bond donors (Lipinski definition) is 1. The van der Waals surface area contributed by atoms with Crippen molar-refractivity contribution in [2.45, 2.75) is 25.8 Å². The minimum atomic E-state index is -0.471. The second kappa shape index (κ2) is 5.31. The number of halogens is 2. The number of furan rings is 1. The molecule has 4 heteroatoms. The lowest BCUT2D eigenvalue weighted by atomic mass is 10.0. The normalized spacial score (nSPS) is 12.7. The highest BCUT2D eigenvalue weighted by Crippen LogP contribution is 2.21. The van der Waals surface area contributed by atoms with Gasteiger partial charge in [-0.3, -0.25) is 0 Å². The van der Waals surface area contributed by atoms with E-state index in [1.165, 1.54) is 6.07 Å². The zero-order valence-electron chi connectivity index (χ0n) is 10.1. The fraction of sp³-hybridized carbons (Fsp3) is 0.286. The van der Waals surface area contributed by atoms with E-state index in [0.717, 1.165) is 24.3 Å². The quantitative estimate of drug-likeness (QED) is 0.904. The number of rotatable bonds is 4. The van der Waals surface area contributed by atoms with Gasteiger partial charge in [0.15, 0.2) is 0 Å². The topological polar surface area (TPSA) is 39.2 Å². The average molecular weight is 251 g/mol. The van der Waals surface area contributed by atoms with Crippen molar-refractivity contribution in [2.24, 2.45) is 5.73 Å². The SMILES string of the molecule is CCc1ccc(C(N)Cc2cc(F)ccc2F)o1. The summed E-state index contributed by atoms with van der Waals surface area (Å²) in [6.45, 7) is 1.97. The lowest BCUT2D eigenvalue weighted by Gasteiger charge is -2.09. The minimum Gasteiger partial charge on any atom is -0.464 e. The molecule has 0 aliphatic carbocycles. The fourth-order valence-electron chi connectivity index (χ4n) is 1.82. The van der Waals surface area contributed by atoms with Gasteiger partial charge in [-0.25, -0.2) is 8.78 Å². The highest BCUT2D eigenvalue weighted by molar-refractivity contribution is 5.22. The number of hydrogen-bond acceptors (Lipinski definition) is 2. The Labute approximate surface area is 104 Å². The van der Waals surface area contributed by atoms with Crippen molar-refractivity contribution in [1.82, 2.24) is 0 Å². The molecule has 18 heavy (non-hydrogen) atoms. The zero-order chi connectivity index (χ0) is 13.1. The fourth-order valence-corrected chi connectivity index (χ4v) is 1.82. The second-order valence-electron chi connectivity index (χ2n) is 4.20. The Morgan fingerprint density at radius 3 is 2.67 bits per heavy atom. The Hall–Kier alpha value is -1.68. The van der Waals surface area contributed by atoms with Gasteiger partial charge >= 0.3 is 0 Å². The molecule has 0 saturated heterocycles. The number of aryl methyl sites for hydroxylation is 1. The second-order valence-corrected chi connectivity index (χ2v) is 4.20. The standard InChI is InChI=1S/C14H15F2NO/c1-2-11-4-6-14(18-11)13(17)8-9-7-10(15)3-5-12(9)16/h3-7,13H,2,8,17H2,1H3. The van der Waals surface area contributed by atoms with Crippen molar-refractivity contribution in [3.63, 3.8) is 0 Å². The molecule has 0 amide bonds. The average Bonchev–Trinajstić information content (AvgIpc) is 2.82. The van der Waals surface area contributed by atoms with E-state index >= 15 is 0 Å². The van der Waals surface area contributed by atoms with Crippen LogP contribution in [-0.4, -0.2) is 0 Å². The molecule has 96 valence electrons. The van der Waals surface area contributed by atoms with Crippen molar-refractivity contribution in [3.8, 4) is 0 Å². The summed E-state index contributed by atoms with van der Waals surface area (Å²) in [5, 5.41) is 0. The lowest BCUT2D eigenvalue weighted by molar-refractivity contribution is 0.431. The van der Waals surface area contributed by atoms with Crippen molar-refractivity contribution in [2.75, 3.05) is 0 Å². The predicted octanol–water partition coefficient (Wildman–Crippen LogP) is 3.36. The molecule has 1 heterocycles. The Balaban J connectivity index is 2.15.